The second-order valence-corrected chi connectivity index (χ2v) is 6.35. The van der Waals surface area contributed by atoms with Gasteiger partial charge in [0.15, 0.2) is 11.7 Å². The van der Waals surface area contributed by atoms with E-state index in [1.54, 1.807) is 13.2 Å². The number of hydrogen-bond donors (Lipinski definition) is 1. The van der Waals surface area contributed by atoms with Crippen molar-refractivity contribution >= 4 is 29.9 Å². The smallest absolute Gasteiger partial charge is 0.214 e. The molecule has 0 bridgehead atoms. The van der Waals surface area contributed by atoms with Gasteiger partial charge in [-0.05, 0) is 19.1 Å². The molecule has 7 heteroatoms. The maximum Gasteiger partial charge on any atom is 0.214 e. The van der Waals surface area contributed by atoms with Gasteiger partial charge in [0, 0.05) is 38.6 Å². The maximum atomic E-state index is 5.86. The minimum Gasteiger partial charge on any atom is -0.439 e. The molecule has 3 rings (SSSR count). The topological polar surface area (TPSA) is 58.6 Å². The van der Waals surface area contributed by atoms with Crippen molar-refractivity contribution in [3.63, 3.8) is 0 Å². The zero-order valence-corrected chi connectivity index (χ0v) is 18.5. The maximum absolute atomic E-state index is 5.86. The summed E-state index contributed by atoms with van der Waals surface area (Å²) < 4.78 is 7.96. The summed E-state index contributed by atoms with van der Waals surface area (Å²) in [7, 11) is 5.82. The first-order valence-electron chi connectivity index (χ1n) is 8.60. The van der Waals surface area contributed by atoms with Gasteiger partial charge >= 0.3 is 0 Å². The van der Waals surface area contributed by atoms with Crippen LogP contribution in [0.25, 0.3) is 11.3 Å². The van der Waals surface area contributed by atoms with Gasteiger partial charge in [-0.15, -0.1) is 24.0 Å². The molecule has 1 N–H and O–H groups in total. The molecule has 0 fully saturated rings. The number of aryl methyl sites for hydroxylation is 2. The molecule has 6 nitrogen and oxygen atoms in total. The van der Waals surface area contributed by atoms with Crippen LogP contribution in [0.5, 0.6) is 0 Å². The Morgan fingerprint density at radius 3 is 2.63 bits per heavy atom. The molecule has 1 aromatic carbocycles. The molecule has 2 aromatic heterocycles. The number of aliphatic imine (C=N–C) groups is 1. The predicted octanol–water partition coefficient (Wildman–Crippen LogP) is 3.81. The van der Waals surface area contributed by atoms with Crippen LogP contribution in [0.1, 0.15) is 17.1 Å². The highest BCUT2D eigenvalue weighted by molar-refractivity contribution is 14.0. The van der Waals surface area contributed by atoms with Crippen LogP contribution in [0.4, 0.5) is 0 Å². The fourth-order valence-electron chi connectivity index (χ4n) is 2.76. The molecule has 144 valence electrons. The number of nitrogens with one attached hydrogen (secondary N) is 1. The Bertz CT molecular complexity index is 882. The Hall–Kier alpha value is -2.29. The molecule has 0 saturated carbocycles. The molecule has 0 atom stereocenters. The van der Waals surface area contributed by atoms with Crippen LogP contribution < -0.4 is 5.32 Å². The van der Waals surface area contributed by atoms with E-state index in [0.29, 0.717) is 12.4 Å². The number of rotatable bonds is 5. The van der Waals surface area contributed by atoms with Crippen LogP contribution in [0.15, 0.2) is 58.2 Å². The van der Waals surface area contributed by atoms with E-state index in [0.717, 1.165) is 23.8 Å². The normalized spacial score (nSPS) is 11.2. The summed E-state index contributed by atoms with van der Waals surface area (Å²) in [5.41, 5.74) is 3.47. The SMILES string of the molecule is CN=C(NCc1ncc(-c2ccc(C)cc2)o1)N(C)Cc1cccn1C.I. The fourth-order valence-corrected chi connectivity index (χ4v) is 2.76. The molecule has 0 unspecified atom stereocenters. The molecule has 0 saturated heterocycles. The third-order valence-corrected chi connectivity index (χ3v) is 4.31. The lowest BCUT2D eigenvalue weighted by molar-refractivity contribution is 0.447. The average molecular weight is 479 g/mol. The highest BCUT2D eigenvalue weighted by Gasteiger charge is 2.11. The van der Waals surface area contributed by atoms with E-state index in [2.05, 4.69) is 49.9 Å². The summed E-state index contributed by atoms with van der Waals surface area (Å²) in [6.07, 6.45) is 3.80. The first-order valence-corrected chi connectivity index (χ1v) is 8.60. The van der Waals surface area contributed by atoms with E-state index < -0.39 is 0 Å². The summed E-state index contributed by atoms with van der Waals surface area (Å²) in [5, 5.41) is 3.30. The van der Waals surface area contributed by atoms with E-state index in [4.69, 9.17) is 4.42 Å². The monoisotopic (exact) mass is 479 g/mol. The third kappa shape index (κ3) is 5.35. The number of halogens is 1. The lowest BCUT2D eigenvalue weighted by Gasteiger charge is -2.21. The Morgan fingerprint density at radius 2 is 2.00 bits per heavy atom. The first-order chi connectivity index (χ1) is 12.6. The predicted molar refractivity (Wildman–Crippen MR) is 119 cm³/mol. The highest BCUT2D eigenvalue weighted by Crippen LogP contribution is 2.20. The molecule has 0 spiro atoms. The van der Waals surface area contributed by atoms with E-state index in [1.807, 2.05) is 38.5 Å². The Kier molecular flexibility index (Phi) is 7.46. The summed E-state index contributed by atoms with van der Waals surface area (Å²) in [6.45, 7) is 3.32. The quantitative estimate of drug-likeness (QED) is 0.344. The number of guanidine groups is 1. The molecule has 3 aromatic rings. The van der Waals surface area contributed by atoms with E-state index in [9.17, 15) is 0 Å². The van der Waals surface area contributed by atoms with Gasteiger partial charge in [-0.1, -0.05) is 29.8 Å². The van der Waals surface area contributed by atoms with E-state index in [-0.39, 0.29) is 24.0 Å². The van der Waals surface area contributed by atoms with Gasteiger partial charge in [-0.3, -0.25) is 4.99 Å². The molecule has 0 radical (unpaired) electrons. The summed E-state index contributed by atoms with van der Waals surface area (Å²) >= 11 is 0. The van der Waals surface area contributed by atoms with E-state index >= 15 is 0 Å². The average Bonchev–Trinajstić information content (AvgIpc) is 3.26. The summed E-state index contributed by atoms with van der Waals surface area (Å²) in [4.78, 5) is 10.8. The van der Waals surface area contributed by atoms with Crippen molar-refractivity contribution in [3.8, 4) is 11.3 Å². The van der Waals surface area contributed by atoms with Crippen LogP contribution in [-0.2, 0) is 20.1 Å². The minimum absolute atomic E-state index is 0. The van der Waals surface area contributed by atoms with Crippen molar-refractivity contribution < 1.29 is 4.42 Å². The van der Waals surface area contributed by atoms with Crippen molar-refractivity contribution in [1.82, 2.24) is 19.8 Å². The molecule has 0 aliphatic rings. The van der Waals surface area contributed by atoms with E-state index in [1.165, 1.54) is 11.3 Å². The van der Waals surface area contributed by atoms with Crippen LogP contribution in [0.2, 0.25) is 0 Å². The van der Waals surface area contributed by atoms with Gasteiger partial charge in [-0.2, -0.15) is 0 Å². The number of nitrogens with zero attached hydrogens (tertiary/aromatic N) is 4. The van der Waals surface area contributed by atoms with Crippen molar-refractivity contribution in [3.05, 3.63) is 65.9 Å². The van der Waals surface area contributed by atoms with Gasteiger partial charge in [0.2, 0.25) is 5.89 Å². The summed E-state index contributed by atoms with van der Waals surface area (Å²) in [6, 6.07) is 12.4. The Balaban J connectivity index is 0.00000261. The van der Waals surface area contributed by atoms with Gasteiger partial charge in [0.05, 0.1) is 19.3 Å². The van der Waals surface area contributed by atoms with Crippen LogP contribution in [0, 0.1) is 6.92 Å². The fraction of sp³-hybridized carbons (Fsp3) is 0.300. The molecule has 2 heterocycles. The second kappa shape index (κ2) is 9.59. The number of benzene rings is 1. The van der Waals surface area contributed by atoms with Crippen molar-refractivity contribution in [1.29, 1.82) is 0 Å². The summed E-state index contributed by atoms with van der Waals surface area (Å²) in [5.74, 6) is 2.20. The zero-order valence-electron chi connectivity index (χ0n) is 16.1. The minimum atomic E-state index is 0. The Labute approximate surface area is 177 Å². The van der Waals surface area contributed by atoms with Gasteiger partial charge in [0.25, 0.3) is 0 Å². The van der Waals surface area contributed by atoms with Crippen LogP contribution in [0.3, 0.4) is 0 Å². The zero-order chi connectivity index (χ0) is 18.5. The highest BCUT2D eigenvalue weighted by atomic mass is 127. The lowest BCUT2D eigenvalue weighted by atomic mass is 10.1. The molecule has 0 aliphatic carbocycles. The molecule has 0 amide bonds. The number of hydrogen-bond acceptors (Lipinski definition) is 3. The largest absolute Gasteiger partial charge is 0.439 e. The first kappa shape index (κ1) is 21.0. The van der Waals surface area contributed by atoms with Gasteiger partial charge in [-0.25, -0.2) is 4.98 Å². The van der Waals surface area contributed by atoms with Crippen molar-refractivity contribution in [2.75, 3.05) is 14.1 Å². The van der Waals surface area contributed by atoms with Crippen molar-refractivity contribution in [2.45, 2.75) is 20.0 Å². The molecule has 27 heavy (non-hydrogen) atoms. The third-order valence-electron chi connectivity index (χ3n) is 4.31. The van der Waals surface area contributed by atoms with Crippen LogP contribution in [-0.4, -0.2) is 34.5 Å². The van der Waals surface area contributed by atoms with Gasteiger partial charge in [0.1, 0.15) is 0 Å². The lowest BCUT2D eigenvalue weighted by Crippen LogP contribution is -2.38. The molecule has 0 aliphatic heterocycles. The van der Waals surface area contributed by atoms with Crippen molar-refractivity contribution in [2.24, 2.45) is 12.0 Å². The van der Waals surface area contributed by atoms with Crippen LogP contribution >= 0.6 is 24.0 Å². The number of aromatic nitrogens is 2. The Morgan fingerprint density at radius 1 is 1.26 bits per heavy atom. The standard InChI is InChI=1S/C20H25N5O.HI/c1-15-7-9-16(10-8-15)18-12-22-19(26-18)13-23-20(21-2)25(4)14-17-6-5-11-24(17)3;/h5-12H,13-14H2,1-4H3,(H,21,23);1H. The number of oxazole rings is 1. The second-order valence-electron chi connectivity index (χ2n) is 6.35. The molecular formula is C20H26IN5O. The molecular weight excluding hydrogens is 453 g/mol. The van der Waals surface area contributed by atoms with Gasteiger partial charge < -0.3 is 19.2 Å².